The summed E-state index contributed by atoms with van der Waals surface area (Å²) in [6, 6.07) is 21.0. The van der Waals surface area contributed by atoms with Gasteiger partial charge in [0.1, 0.15) is 0 Å². The van der Waals surface area contributed by atoms with E-state index >= 15 is 0 Å². The first-order valence-electron chi connectivity index (χ1n) is 7.39. The molecule has 1 aliphatic rings. The Morgan fingerprint density at radius 2 is 1.57 bits per heavy atom. The van der Waals surface area contributed by atoms with E-state index in [1.165, 1.54) is 16.0 Å². The van der Waals surface area contributed by atoms with E-state index in [-0.39, 0.29) is 18.4 Å². The minimum Gasteiger partial charge on any atom is -0.396 e. The first-order chi connectivity index (χ1) is 10.3. The number of hydrogen-bond donors (Lipinski definition) is 1. The van der Waals surface area contributed by atoms with Crippen molar-refractivity contribution in [1.82, 2.24) is 0 Å². The Morgan fingerprint density at radius 1 is 0.952 bits per heavy atom. The van der Waals surface area contributed by atoms with Gasteiger partial charge in [-0.2, -0.15) is 0 Å². The molecule has 1 N–H and O–H groups in total. The second kappa shape index (κ2) is 6.50. The molecule has 108 valence electrons. The van der Waals surface area contributed by atoms with Crippen molar-refractivity contribution in [3.05, 3.63) is 77.9 Å². The van der Waals surface area contributed by atoms with Gasteiger partial charge in [-0.05, 0) is 11.1 Å². The van der Waals surface area contributed by atoms with Crippen LogP contribution in [-0.2, 0) is 0 Å². The van der Waals surface area contributed by atoms with Gasteiger partial charge in [-0.15, -0.1) is 11.8 Å². The molecule has 0 aromatic heterocycles. The molecule has 0 spiro atoms. The molecule has 0 unspecified atom stereocenters. The van der Waals surface area contributed by atoms with Crippen molar-refractivity contribution in [2.75, 3.05) is 6.61 Å². The predicted octanol–water partition coefficient (Wildman–Crippen LogP) is 4.56. The molecular formula is C19H20OS. The fraction of sp³-hybridized carbons (Fsp3) is 0.263. The van der Waals surface area contributed by atoms with Gasteiger partial charge in [0, 0.05) is 28.6 Å². The maximum Gasteiger partial charge on any atom is 0.0478 e. The van der Waals surface area contributed by atoms with E-state index in [9.17, 15) is 5.11 Å². The van der Waals surface area contributed by atoms with Crippen LogP contribution in [0.1, 0.15) is 24.0 Å². The van der Waals surface area contributed by atoms with Crippen LogP contribution >= 0.6 is 11.8 Å². The third-order valence-electron chi connectivity index (χ3n) is 4.16. The predicted molar refractivity (Wildman–Crippen MR) is 91.2 cm³/mol. The highest BCUT2D eigenvalue weighted by molar-refractivity contribution is 8.08. The van der Waals surface area contributed by atoms with Gasteiger partial charge in [0.25, 0.3) is 0 Å². The molecule has 0 fully saturated rings. The van der Waals surface area contributed by atoms with Gasteiger partial charge in [-0.3, -0.25) is 0 Å². The molecule has 1 aliphatic heterocycles. The molecule has 2 aromatic rings. The topological polar surface area (TPSA) is 20.2 Å². The Labute approximate surface area is 130 Å². The van der Waals surface area contributed by atoms with Crippen LogP contribution in [0.5, 0.6) is 0 Å². The Balaban J connectivity index is 2.01. The zero-order valence-electron chi connectivity index (χ0n) is 12.1. The lowest BCUT2D eigenvalue weighted by molar-refractivity contribution is 0.214. The molecule has 21 heavy (non-hydrogen) atoms. The molecule has 0 radical (unpaired) electrons. The zero-order valence-corrected chi connectivity index (χ0v) is 13.0. The summed E-state index contributed by atoms with van der Waals surface area (Å²) in [6.45, 7) is 2.45. The largest absolute Gasteiger partial charge is 0.396 e. The highest BCUT2D eigenvalue weighted by atomic mass is 32.2. The maximum atomic E-state index is 9.81. The highest BCUT2D eigenvalue weighted by Gasteiger charge is 2.32. The molecule has 1 heterocycles. The monoisotopic (exact) mass is 296 g/mol. The number of thioether (sulfide) groups is 1. The number of hydrogen-bond acceptors (Lipinski definition) is 2. The molecule has 2 aromatic carbocycles. The van der Waals surface area contributed by atoms with E-state index in [1.54, 1.807) is 0 Å². The third-order valence-corrected chi connectivity index (χ3v) is 5.51. The molecule has 0 saturated heterocycles. The molecule has 0 saturated carbocycles. The average Bonchev–Trinajstić information content (AvgIpc) is 2.55. The number of allylic oxidation sites excluding steroid dienone is 1. The zero-order chi connectivity index (χ0) is 14.7. The van der Waals surface area contributed by atoms with E-state index in [2.05, 4.69) is 61.5 Å². The molecule has 3 rings (SSSR count). The van der Waals surface area contributed by atoms with Gasteiger partial charge in [0.15, 0.2) is 0 Å². The van der Waals surface area contributed by atoms with Crippen LogP contribution in [0.15, 0.2) is 66.7 Å². The van der Waals surface area contributed by atoms with E-state index in [0.29, 0.717) is 5.25 Å². The SMILES string of the molecule is C[C@H]1SC(c2ccccc2)=C[C@H](c2ccccc2)[C@@H]1CO. The summed E-state index contributed by atoms with van der Waals surface area (Å²) in [5.41, 5.74) is 2.56. The molecule has 0 aliphatic carbocycles. The number of aliphatic hydroxyl groups is 1. The summed E-state index contributed by atoms with van der Waals surface area (Å²) in [4.78, 5) is 1.32. The van der Waals surface area contributed by atoms with Crippen LogP contribution in [0.25, 0.3) is 4.91 Å². The second-order valence-corrected chi connectivity index (χ2v) is 6.92. The minimum atomic E-state index is 0.228. The summed E-state index contributed by atoms with van der Waals surface area (Å²) >= 11 is 1.87. The Bertz CT molecular complexity index is 606. The van der Waals surface area contributed by atoms with Gasteiger partial charge in [0.2, 0.25) is 0 Å². The molecule has 0 bridgehead atoms. The normalized spacial score (nSPS) is 25.4. The molecule has 1 nitrogen and oxygen atoms in total. The first-order valence-corrected chi connectivity index (χ1v) is 8.27. The van der Waals surface area contributed by atoms with Crippen molar-refractivity contribution in [3.63, 3.8) is 0 Å². The number of aliphatic hydroxyl groups excluding tert-OH is 1. The number of benzene rings is 2. The lowest BCUT2D eigenvalue weighted by Crippen LogP contribution is -2.27. The van der Waals surface area contributed by atoms with Crippen LogP contribution in [0, 0.1) is 5.92 Å². The highest BCUT2D eigenvalue weighted by Crippen LogP contribution is 2.46. The quantitative estimate of drug-likeness (QED) is 0.896. The fourth-order valence-electron chi connectivity index (χ4n) is 2.95. The lowest BCUT2D eigenvalue weighted by Gasteiger charge is -2.34. The molecule has 2 heteroatoms. The van der Waals surface area contributed by atoms with Crippen molar-refractivity contribution in [3.8, 4) is 0 Å². The van der Waals surface area contributed by atoms with E-state index in [4.69, 9.17) is 0 Å². The van der Waals surface area contributed by atoms with Crippen molar-refractivity contribution >= 4 is 16.7 Å². The summed E-state index contributed by atoms with van der Waals surface area (Å²) < 4.78 is 0. The van der Waals surface area contributed by atoms with E-state index in [1.807, 2.05) is 23.9 Å². The number of rotatable bonds is 3. The van der Waals surface area contributed by atoms with Crippen LogP contribution in [0.4, 0.5) is 0 Å². The summed E-state index contributed by atoms with van der Waals surface area (Å²) in [5, 5.41) is 10.2. The third kappa shape index (κ3) is 3.07. The van der Waals surface area contributed by atoms with Crippen molar-refractivity contribution in [1.29, 1.82) is 0 Å². The fourth-order valence-corrected chi connectivity index (χ4v) is 4.28. The van der Waals surface area contributed by atoms with E-state index < -0.39 is 0 Å². The van der Waals surface area contributed by atoms with E-state index in [0.717, 1.165) is 0 Å². The molecule has 3 atom stereocenters. The van der Waals surface area contributed by atoms with Crippen molar-refractivity contribution in [2.24, 2.45) is 5.92 Å². The standard InChI is InChI=1S/C19H20OS/c1-14-18(13-20)17(15-8-4-2-5-9-15)12-19(21-14)16-10-6-3-7-11-16/h2-12,14,17-18,20H,13H2,1H3/t14-,17-,18-/m1/s1. The maximum absolute atomic E-state index is 9.81. The Kier molecular flexibility index (Phi) is 4.47. The summed E-state index contributed by atoms with van der Waals surface area (Å²) in [7, 11) is 0. The first kappa shape index (κ1) is 14.4. The van der Waals surface area contributed by atoms with Crippen molar-refractivity contribution < 1.29 is 5.11 Å². The molecular weight excluding hydrogens is 276 g/mol. The van der Waals surface area contributed by atoms with Crippen LogP contribution < -0.4 is 0 Å². The lowest BCUT2D eigenvalue weighted by atomic mass is 9.83. The smallest absolute Gasteiger partial charge is 0.0478 e. The summed E-state index contributed by atoms with van der Waals surface area (Å²) in [6.07, 6.45) is 2.33. The van der Waals surface area contributed by atoms with Gasteiger partial charge >= 0.3 is 0 Å². The summed E-state index contributed by atoms with van der Waals surface area (Å²) in [5.74, 6) is 0.549. The Hall–Kier alpha value is -1.51. The second-order valence-electron chi connectivity index (χ2n) is 5.50. The van der Waals surface area contributed by atoms with Gasteiger partial charge in [-0.25, -0.2) is 0 Å². The molecule has 0 amide bonds. The van der Waals surface area contributed by atoms with Crippen LogP contribution in [-0.4, -0.2) is 17.0 Å². The van der Waals surface area contributed by atoms with Crippen LogP contribution in [0.3, 0.4) is 0 Å². The van der Waals surface area contributed by atoms with Crippen LogP contribution in [0.2, 0.25) is 0 Å². The van der Waals surface area contributed by atoms with Crippen molar-refractivity contribution in [2.45, 2.75) is 18.1 Å². The van der Waals surface area contributed by atoms with Gasteiger partial charge in [0.05, 0.1) is 0 Å². The average molecular weight is 296 g/mol. The van der Waals surface area contributed by atoms with Gasteiger partial charge < -0.3 is 5.11 Å². The Morgan fingerprint density at radius 3 is 2.19 bits per heavy atom. The minimum absolute atomic E-state index is 0.228. The van der Waals surface area contributed by atoms with Gasteiger partial charge in [-0.1, -0.05) is 73.7 Å².